The molecule has 6 nitrogen and oxygen atoms in total. The summed E-state index contributed by atoms with van der Waals surface area (Å²) < 4.78 is 5.16. The number of nitrogens with zero attached hydrogens (tertiary/aromatic N) is 1. The van der Waals surface area contributed by atoms with E-state index in [0.717, 1.165) is 42.5 Å². The first-order valence-electron chi connectivity index (χ1n) is 10.5. The molecule has 29 heavy (non-hydrogen) atoms. The molecule has 3 rings (SSSR count). The molecule has 4 atom stereocenters. The number of benzene rings is 1. The van der Waals surface area contributed by atoms with Crippen LogP contribution in [0.2, 0.25) is 0 Å². The van der Waals surface area contributed by atoms with Crippen molar-refractivity contribution in [3.05, 3.63) is 30.3 Å². The van der Waals surface area contributed by atoms with E-state index in [-0.39, 0.29) is 6.61 Å². The second-order valence-electron chi connectivity index (χ2n) is 8.15. The van der Waals surface area contributed by atoms with Crippen molar-refractivity contribution in [3.63, 3.8) is 0 Å². The van der Waals surface area contributed by atoms with Gasteiger partial charge in [-0.1, -0.05) is 24.6 Å². The maximum atomic E-state index is 10.5. The Kier molecular flexibility index (Phi) is 8.00. The van der Waals surface area contributed by atoms with Gasteiger partial charge in [0.1, 0.15) is 6.61 Å². The number of thiocarbonyl (C=S) groups is 1. The van der Waals surface area contributed by atoms with E-state index in [9.17, 15) is 4.79 Å². The molecule has 2 fully saturated rings. The van der Waals surface area contributed by atoms with E-state index in [4.69, 9.17) is 22.1 Å². The maximum absolute atomic E-state index is 10.5. The van der Waals surface area contributed by atoms with E-state index in [0.29, 0.717) is 23.6 Å². The van der Waals surface area contributed by atoms with Gasteiger partial charge < -0.3 is 15.2 Å². The third-order valence-electron chi connectivity index (χ3n) is 6.24. The highest BCUT2D eigenvalue weighted by Gasteiger charge is 2.48. The van der Waals surface area contributed by atoms with E-state index in [1.54, 1.807) is 0 Å². The first kappa shape index (κ1) is 21.7. The van der Waals surface area contributed by atoms with Crippen LogP contribution in [0.25, 0.3) is 0 Å². The Balaban J connectivity index is 1.48. The Hall–Kier alpha value is -1.99. The molecule has 2 aliphatic carbocycles. The number of rotatable bonds is 10. The van der Waals surface area contributed by atoms with E-state index < -0.39 is 5.97 Å². The number of hydrazone groups is 1. The van der Waals surface area contributed by atoms with Crippen molar-refractivity contribution in [2.24, 2.45) is 28.8 Å². The molecule has 3 N–H and O–H groups in total. The summed E-state index contributed by atoms with van der Waals surface area (Å²) in [5.74, 6) is 1.80. The van der Waals surface area contributed by atoms with Gasteiger partial charge >= 0.3 is 5.97 Å². The van der Waals surface area contributed by atoms with E-state index in [2.05, 4.69) is 22.8 Å². The van der Waals surface area contributed by atoms with Crippen LogP contribution in [0.4, 0.5) is 5.69 Å². The van der Waals surface area contributed by atoms with Crippen molar-refractivity contribution in [3.8, 4) is 0 Å². The zero-order valence-electron chi connectivity index (χ0n) is 17.0. The van der Waals surface area contributed by atoms with Gasteiger partial charge in [0.25, 0.3) is 0 Å². The Morgan fingerprint density at radius 1 is 1.24 bits per heavy atom. The molecule has 0 aliphatic heterocycles. The molecule has 0 radical (unpaired) electrons. The molecule has 2 aliphatic rings. The zero-order valence-corrected chi connectivity index (χ0v) is 17.8. The molecular formula is C22H31N3O3S. The van der Waals surface area contributed by atoms with E-state index in [1.165, 1.54) is 19.3 Å². The summed E-state index contributed by atoms with van der Waals surface area (Å²) in [5.41, 5.74) is 5.10. The Labute approximate surface area is 178 Å². The third kappa shape index (κ3) is 6.24. The summed E-state index contributed by atoms with van der Waals surface area (Å²) in [4.78, 5) is 10.5. The van der Waals surface area contributed by atoms with Crippen LogP contribution in [0.1, 0.15) is 45.4 Å². The normalized spacial score (nSPS) is 25.8. The number of unbranched alkanes of at least 4 members (excludes halogenated alkanes) is 1. The predicted molar refractivity (Wildman–Crippen MR) is 119 cm³/mol. The highest BCUT2D eigenvalue weighted by Crippen LogP contribution is 2.54. The van der Waals surface area contributed by atoms with Crippen molar-refractivity contribution in [2.45, 2.75) is 45.4 Å². The minimum Gasteiger partial charge on any atom is -0.480 e. The number of ether oxygens (including phenoxy) is 1. The van der Waals surface area contributed by atoms with Gasteiger partial charge in [0.05, 0.1) is 0 Å². The fraction of sp³-hybridized carbons (Fsp3) is 0.591. The number of aliphatic carboxylic acids is 1. The van der Waals surface area contributed by atoms with E-state index in [1.807, 2.05) is 30.3 Å². The second-order valence-corrected chi connectivity index (χ2v) is 8.56. The topological polar surface area (TPSA) is 83.0 Å². The van der Waals surface area contributed by atoms with Crippen LogP contribution in [0, 0.1) is 23.7 Å². The SMILES string of the molecule is CC(=NNC(=S)Nc1ccccc1)C1C2CCC(C2)C1CCCCOCC(=O)O. The molecule has 0 amide bonds. The van der Waals surface area contributed by atoms with Crippen molar-refractivity contribution in [1.82, 2.24) is 5.43 Å². The first-order chi connectivity index (χ1) is 14.0. The number of fused-ring (bicyclic) bond motifs is 2. The van der Waals surface area contributed by atoms with Gasteiger partial charge in [0.15, 0.2) is 5.11 Å². The average molecular weight is 418 g/mol. The van der Waals surface area contributed by atoms with Crippen LogP contribution in [0.5, 0.6) is 0 Å². The molecule has 0 spiro atoms. The molecule has 1 aromatic rings. The standard InChI is InChI=1S/C22H31N3O3S/c1-15(24-25-22(29)23-18-7-3-2-4-8-18)21-17-11-10-16(13-17)19(21)9-5-6-12-28-14-20(26)27/h2-4,7-8,16-17,19,21H,5-6,9-14H2,1H3,(H,26,27)(H2,23,25,29). The lowest BCUT2D eigenvalue weighted by Crippen LogP contribution is -2.31. The Morgan fingerprint density at radius 2 is 2.00 bits per heavy atom. The number of hydrogen-bond acceptors (Lipinski definition) is 4. The number of hydrogen-bond donors (Lipinski definition) is 3. The van der Waals surface area contributed by atoms with Gasteiger partial charge in [-0.25, -0.2) is 4.79 Å². The molecule has 158 valence electrons. The van der Waals surface area contributed by atoms with Gasteiger partial charge in [-0.05, 0) is 81.1 Å². The first-order valence-corrected chi connectivity index (χ1v) is 10.9. The minimum atomic E-state index is -0.905. The summed E-state index contributed by atoms with van der Waals surface area (Å²) in [6.45, 7) is 2.43. The number of nitrogens with one attached hydrogen (secondary N) is 2. The molecule has 2 bridgehead atoms. The smallest absolute Gasteiger partial charge is 0.329 e. The molecule has 4 unspecified atom stereocenters. The van der Waals surface area contributed by atoms with Crippen molar-refractivity contribution < 1.29 is 14.6 Å². The van der Waals surface area contributed by atoms with Crippen molar-refractivity contribution >= 4 is 34.7 Å². The highest BCUT2D eigenvalue weighted by atomic mass is 32.1. The highest BCUT2D eigenvalue weighted by molar-refractivity contribution is 7.80. The fourth-order valence-electron chi connectivity index (χ4n) is 5.11. The number of anilines is 1. The van der Waals surface area contributed by atoms with Crippen LogP contribution in [-0.2, 0) is 9.53 Å². The van der Waals surface area contributed by atoms with Gasteiger partial charge in [0, 0.05) is 23.9 Å². The second kappa shape index (κ2) is 10.7. The van der Waals surface area contributed by atoms with Crippen LogP contribution < -0.4 is 10.7 Å². The maximum Gasteiger partial charge on any atom is 0.329 e. The zero-order chi connectivity index (χ0) is 20.6. The van der Waals surface area contributed by atoms with Gasteiger partial charge in [-0.2, -0.15) is 5.10 Å². The summed E-state index contributed by atoms with van der Waals surface area (Å²) in [6, 6.07) is 9.84. The summed E-state index contributed by atoms with van der Waals surface area (Å²) in [6.07, 6.45) is 7.07. The van der Waals surface area contributed by atoms with Crippen molar-refractivity contribution in [1.29, 1.82) is 0 Å². The van der Waals surface area contributed by atoms with Gasteiger partial charge in [-0.15, -0.1) is 0 Å². The molecule has 2 saturated carbocycles. The molecular weight excluding hydrogens is 386 g/mol. The van der Waals surface area contributed by atoms with Crippen molar-refractivity contribution in [2.75, 3.05) is 18.5 Å². The number of carboxylic acid groups (broad SMARTS) is 1. The molecule has 7 heteroatoms. The van der Waals surface area contributed by atoms with Crippen LogP contribution in [0.3, 0.4) is 0 Å². The molecule has 0 aromatic heterocycles. The van der Waals surface area contributed by atoms with Crippen LogP contribution in [0.15, 0.2) is 35.4 Å². The van der Waals surface area contributed by atoms with Crippen LogP contribution in [-0.4, -0.2) is 35.1 Å². The van der Waals surface area contributed by atoms with Crippen LogP contribution >= 0.6 is 12.2 Å². The van der Waals surface area contributed by atoms with E-state index >= 15 is 0 Å². The molecule has 1 aromatic carbocycles. The Morgan fingerprint density at radius 3 is 2.76 bits per heavy atom. The monoisotopic (exact) mass is 417 g/mol. The number of carboxylic acids is 1. The quantitative estimate of drug-likeness (QED) is 0.228. The summed E-state index contributed by atoms with van der Waals surface area (Å²) in [7, 11) is 0. The fourth-order valence-corrected chi connectivity index (χ4v) is 5.28. The largest absolute Gasteiger partial charge is 0.480 e. The average Bonchev–Trinajstić information content (AvgIpc) is 3.31. The minimum absolute atomic E-state index is 0.203. The molecule has 0 heterocycles. The lowest BCUT2D eigenvalue weighted by molar-refractivity contribution is -0.142. The number of para-hydroxylation sites is 1. The number of carbonyl (C=O) groups is 1. The summed E-state index contributed by atoms with van der Waals surface area (Å²) >= 11 is 5.37. The van der Waals surface area contributed by atoms with Gasteiger partial charge in [-0.3, -0.25) is 5.43 Å². The van der Waals surface area contributed by atoms with Gasteiger partial charge in [0.2, 0.25) is 0 Å². The molecule has 0 saturated heterocycles. The summed E-state index contributed by atoms with van der Waals surface area (Å²) in [5, 5.41) is 16.9. The lowest BCUT2D eigenvalue weighted by Gasteiger charge is -2.31. The lowest BCUT2D eigenvalue weighted by atomic mass is 9.74. The third-order valence-corrected chi connectivity index (χ3v) is 6.43. The predicted octanol–water partition coefficient (Wildman–Crippen LogP) is 4.28. The Bertz CT molecular complexity index is 725.